The van der Waals surface area contributed by atoms with E-state index in [2.05, 4.69) is 28.2 Å². The quantitative estimate of drug-likeness (QED) is 0.846. The smallest absolute Gasteiger partial charge is 0.0914 e. The van der Waals surface area contributed by atoms with Crippen LogP contribution in [0.25, 0.3) is 0 Å². The highest BCUT2D eigenvalue weighted by Crippen LogP contribution is 2.36. The minimum atomic E-state index is -0.418. The number of halogens is 1. The van der Waals surface area contributed by atoms with E-state index in [1.165, 1.54) is 12.8 Å². The van der Waals surface area contributed by atoms with Gasteiger partial charge in [-0.15, -0.1) is 0 Å². The molecule has 0 aromatic heterocycles. The van der Waals surface area contributed by atoms with Gasteiger partial charge < -0.3 is 10.4 Å². The summed E-state index contributed by atoms with van der Waals surface area (Å²) in [6.45, 7) is 3.93. The molecule has 0 saturated heterocycles. The molecule has 3 heteroatoms. The minimum absolute atomic E-state index is 0.418. The molecule has 94 valence electrons. The number of hydrogen-bond donors (Lipinski definition) is 2. The van der Waals surface area contributed by atoms with Crippen LogP contribution in [-0.4, -0.2) is 18.2 Å². The summed E-state index contributed by atoms with van der Waals surface area (Å²) in [4.78, 5) is 0. The molecular formula is C14H20BrNO. The maximum Gasteiger partial charge on any atom is 0.0914 e. The zero-order valence-corrected chi connectivity index (χ0v) is 11.8. The summed E-state index contributed by atoms with van der Waals surface area (Å²) < 4.78 is 1.01. The van der Waals surface area contributed by atoms with E-state index in [0.29, 0.717) is 6.54 Å². The number of benzene rings is 1. The summed E-state index contributed by atoms with van der Waals surface area (Å²) in [5.74, 6) is 1.66. The summed E-state index contributed by atoms with van der Waals surface area (Å²) in [5.41, 5.74) is 0.964. The molecule has 17 heavy (non-hydrogen) atoms. The van der Waals surface area contributed by atoms with Crippen molar-refractivity contribution in [3.8, 4) is 0 Å². The molecule has 2 N–H and O–H groups in total. The maximum absolute atomic E-state index is 10.0. The van der Waals surface area contributed by atoms with Crippen LogP contribution in [0.4, 0.5) is 0 Å². The Kier molecular flexibility index (Phi) is 4.60. The molecule has 2 nitrogen and oxygen atoms in total. The molecule has 1 aliphatic carbocycles. The molecule has 1 aliphatic rings. The van der Waals surface area contributed by atoms with Crippen molar-refractivity contribution in [1.29, 1.82) is 0 Å². The predicted octanol–water partition coefficient (Wildman–Crippen LogP) is 3.12. The van der Waals surface area contributed by atoms with Gasteiger partial charge in [0.1, 0.15) is 0 Å². The molecular weight excluding hydrogens is 278 g/mol. The fourth-order valence-corrected chi connectivity index (χ4v) is 2.53. The van der Waals surface area contributed by atoms with E-state index < -0.39 is 6.10 Å². The van der Waals surface area contributed by atoms with Gasteiger partial charge in [-0.3, -0.25) is 0 Å². The van der Waals surface area contributed by atoms with Gasteiger partial charge in [0.25, 0.3) is 0 Å². The monoisotopic (exact) mass is 297 g/mol. The Morgan fingerprint density at radius 2 is 2.18 bits per heavy atom. The normalized spacial score (nSPS) is 19.0. The standard InChI is InChI=1S/C14H20BrNO/c1-10(11-5-6-11)8-16-9-14(17)12-3-2-4-13(15)7-12/h2-4,7,10-11,14,16-17H,5-6,8-9H2,1H3. The van der Waals surface area contributed by atoms with Crippen LogP contribution in [0.3, 0.4) is 0 Å². The third-order valence-corrected chi connectivity index (χ3v) is 3.96. The van der Waals surface area contributed by atoms with Gasteiger partial charge in [0.2, 0.25) is 0 Å². The summed E-state index contributed by atoms with van der Waals surface area (Å²) in [6.07, 6.45) is 2.35. The molecule has 2 atom stereocenters. The highest BCUT2D eigenvalue weighted by atomic mass is 79.9. The molecule has 1 saturated carbocycles. The van der Waals surface area contributed by atoms with Crippen molar-refractivity contribution in [2.24, 2.45) is 11.8 Å². The molecule has 0 spiro atoms. The Morgan fingerprint density at radius 3 is 2.82 bits per heavy atom. The van der Waals surface area contributed by atoms with Gasteiger partial charge in [-0.2, -0.15) is 0 Å². The van der Waals surface area contributed by atoms with Gasteiger partial charge in [0, 0.05) is 11.0 Å². The van der Waals surface area contributed by atoms with Crippen LogP contribution >= 0.6 is 15.9 Å². The fraction of sp³-hybridized carbons (Fsp3) is 0.571. The first-order valence-corrected chi connectivity index (χ1v) is 7.10. The lowest BCUT2D eigenvalue weighted by atomic mass is 10.1. The highest BCUT2D eigenvalue weighted by Gasteiger charge is 2.27. The van der Waals surface area contributed by atoms with Crippen LogP contribution in [0.15, 0.2) is 28.7 Å². The lowest BCUT2D eigenvalue weighted by Gasteiger charge is -2.15. The van der Waals surface area contributed by atoms with Crippen LogP contribution in [-0.2, 0) is 0 Å². The Hall–Kier alpha value is -0.380. The zero-order chi connectivity index (χ0) is 12.3. The van der Waals surface area contributed by atoms with Crippen LogP contribution in [0, 0.1) is 11.8 Å². The Balaban J connectivity index is 1.74. The number of hydrogen-bond acceptors (Lipinski definition) is 2. The molecule has 2 rings (SSSR count). The average molecular weight is 298 g/mol. The van der Waals surface area contributed by atoms with Crippen molar-refractivity contribution in [1.82, 2.24) is 5.32 Å². The second-order valence-corrected chi connectivity index (χ2v) is 5.96. The zero-order valence-electron chi connectivity index (χ0n) is 10.2. The lowest BCUT2D eigenvalue weighted by molar-refractivity contribution is 0.172. The molecule has 0 radical (unpaired) electrons. The molecule has 0 aliphatic heterocycles. The SMILES string of the molecule is CC(CNCC(O)c1cccc(Br)c1)C1CC1. The van der Waals surface area contributed by atoms with Gasteiger partial charge in [0.15, 0.2) is 0 Å². The van der Waals surface area contributed by atoms with Crippen LogP contribution in [0.1, 0.15) is 31.4 Å². The second-order valence-electron chi connectivity index (χ2n) is 5.04. The van der Waals surface area contributed by atoms with Crippen molar-refractivity contribution in [2.75, 3.05) is 13.1 Å². The van der Waals surface area contributed by atoms with Gasteiger partial charge in [-0.05, 0) is 48.9 Å². The van der Waals surface area contributed by atoms with Crippen LogP contribution in [0.5, 0.6) is 0 Å². The summed E-state index contributed by atoms with van der Waals surface area (Å²) >= 11 is 3.42. The summed E-state index contributed by atoms with van der Waals surface area (Å²) in [7, 11) is 0. The molecule has 1 fully saturated rings. The lowest BCUT2D eigenvalue weighted by Crippen LogP contribution is -2.27. The summed E-state index contributed by atoms with van der Waals surface area (Å²) in [6, 6.07) is 7.85. The predicted molar refractivity (Wildman–Crippen MR) is 73.9 cm³/mol. The van der Waals surface area contributed by atoms with Crippen molar-refractivity contribution in [3.63, 3.8) is 0 Å². The molecule has 0 bridgehead atoms. The third-order valence-electron chi connectivity index (χ3n) is 3.46. The Morgan fingerprint density at radius 1 is 1.41 bits per heavy atom. The first kappa shape index (κ1) is 13.1. The summed E-state index contributed by atoms with van der Waals surface area (Å²) in [5, 5.41) is 13.4. The number of aliphatic hydroxyl groups is 1. The molecule has 0 heterocycles. The van der Waals surface area contributed by atoms with E-state index in [-0.39, 0.29) is 0 Å². The van der Waals surface area contributed by atoms with Gasteiger partial charge in [-0.25, -0.2) is 0 Å². The van der Waals surface area contributed by atoms with Crippen molar-refractivity contribution >= 4 is 15.9 Å². The van der Waals surface area contributed by atoms with E-state index in [4.69, 9.17) is 0 Å². The average Bonchev–Trinajstić information content (AvgIpc) is 3.12. The molecule has 1 aromatic carbocycles. The van der Waals surface area contributed by atoms with E-state index in [1.807, 2.05) is 24.3 Å². The number of nitrogens with one attached hydrogen (secondary N) is 1. The van der Waals surface area contributed by atoms with Crippen LogP contribution < -0.4 is 5.32 Å². The van der Waals surface area contributed by atoms with E-state index in [1.54, 1.807) is 0 Å². The first-order chi connectivity index (χ1) is 8.16. The van der Waals surface area contributed by atoms with E-state index >= 15 is 0 Å². The third kappa shape index (κ3) is 4.09. The molecule has 2 unspecified atom stereocenters. The number of aliphatic hydroxyl groups excluding tert-OH is 1. The Bertz CT molecular complexity index is 365. The van der Waals surface area contributed by atoms with Gasteiger partial charge in [-0.1, -0.05) is 35.0 Å². The topological polar surface area (TPSA) is 32.3 Å². The first-order valence-electron chi connectivity index (χ1n) is 6.31. The van der Waals surface area contributed by atoms with E-state index in [9.17, 15) is 5.11 Å². The van der Waals surface area contributed by atoms with Gasteiger partial charge >= 0.3 is 0 Å². The second kappa shape index (κ2) is 5.98. The van der Waals surface area contributed by atoms with Crippen LogP contribution in [0.2, 0.25) is 0 Å². The van der Waals surface area contributed by atoms with Crippen molar-refractivity contribution in [3.05, 3.63) is 34.3 Å². The number of rotatable bonds is 6. The van der Waals surface area contributed by atoms with E-state index in [0.717, 1.165) is 28.4 Å². The van der Waals surface area contributed by atoms with Gasteiger partial charge in [0.05, 0.1) is 6.10 Å². The Labute approximate surface area is 112 Å². The molecule has 1 aromatic rings. The minimum Gasteiger partial charge on any atom is -0.387 e. The van der Waals surface area contributed by atoms with Crippen molar-refractivity contribution in [2.45, 2.75) is 25.9 Å². The largest absolute Gasteiger partial charge is 0.387 e. The highest BCUT2D eigenvalue weighted by molar-refractivity contribution is 9.10. The fourth-order valence-electron chi connectivity index (χ4n) is 2.11. The van der Waals surface area contributed by atoms with Crippen molar-refractivity contribution < 1.29 is 5.11 Å². The maximum atomic E-state index is 10.0. The molecule has 0 amide bonds.